The van der Waals surface area contributed by atoms with Gasteiger partial charge >= 0.3 is 5.69 Å². The third-order valence-corrected chi connectivity index (χ3v) is 7.32. The van der Waals surface area contributed by atoms with E-state index in [-0.39, 0.29) is 5.69 Å². The van der Waals surface area contributed by atoms with Crippen molar-refractivity contribution in [2.45, 2.75) is 78.4 Å². The van der Waals surface area contributed by atoms with Crippen molar-refractivity contribution in [1.29, 1.82) is 0 Å². The van der Waals surface area contributed by atoms with Crippen LogP contribution in [0.3, 0.4) is 0 Å². The van der Waals surface area contributed by atoms with Crippen LogP contribution in [-0.4, -0.2) is 57.1 Å². The van der Waals surface area contributed by atoms with Crippen molar-refractivity contribution < 1.29 is 4.79 Å². The molecular weight excluding hydrogens is 414 g/mol. The van der Waals surface area contributed by atoms with Gasteiger partial charge < -0.3 is 5.73 Å². The molecule has 2 unspecified atom stereocenters. The maximum atomic E-state index is 12.9. The predicted octanol–water partition coefficient (Wildman–Crippen LogP) is 3.50. The molecule has 2 N–H and O–H groups in total. The van der Waals surface area contributed by atoms with E-state index in [1.165, 1.54) is 37.8 Å². The number of hydrogen-bond acceptors (Lipinski definition) is 4. The molecule has 0 bridgehead atoms. The highest BCUT2D eigenvalue weighted by atomic mass is 16.2. The van der Waals surface area contributed by atoms with E-state index in [0.717, 1.165) is 43.1 Å². The first-order valence-corrected chi connectivity index (χ1v) is 12.8. The SMILES string of the molecule is CCCC(CCC)CN1CCN(Cc2ccc3c(c2)n(C)c(=O)n3C(CC)C(N)=O)CC1C. The van der Waals surface area contributed by atoms with E-state index in [4.69, 9.17) is 5.73 Å². The summed E-state index contributed by atoms with van der Waals surface area (Å²) in [5, 5.41) is 0. The Balaban J connectivity index is 1.71. The van der Waals surface area contributed by atoms with E-state index in [0.29, 0.717) is 12.5 Å². The maximum Gasteiger partial charge on any atom is 0.329 e. The molecule has 0 saturated carbocycles. The molecule has 1 aliphatic heterocycles. The lowest BCUT2D eigenvalue weighted by Crippen LogP contribution is -2.52. The molecule has 1 aliphatic rings. The van der Waals surface area contributed by atoms with Gasteiger partial charge in [-0.2, -0.15) is 0 Å². The summed E-state index contributed by atoms with van der Waals surface area (Å²) >= 11 is 0. The summed E-state index contributed by atoms with van der Waals surface area (Å²) in [6.07, 6.45) is 5.69. The zero-order valence-electron chi connectivity index (χ0n) is 21.2. The van der Waals surface area contributed by atoms with Crippen LogP contribution in [0.1, 0.15) is 71.4 Å². The standard InChI is InChI=1S/C26H43N5O2/c1-6-9-20(10-7-2)18-30-14-13-29(16-19(30)4)17-21-11-12-23-24(15-21)28(5)26(33)31(23)22(8-3)25(27)32/h11-12,15,19-20,22H,6-10,13-14,16-18H2,1-5H3,(H2,27,32). The summed E-state index contributed by atoms with van der Waals surface area (Å²) in [5.74, 6) is 0.345. The Hall–Kier alpha value is -2.12. The molecule has 33 heavy (non-hydrogen) atoms. The molecule has 2 heterocycles. The van der Waals surface area contributed by atoms with E-state index >= 15 is 0 Å². The van der Waals surface area contributed by atoms with E-state index in [9.17, 15) is 9.59 Å². The molecule has 0 spiro atoms. The third kappa shape index (κ3) is 5.69. The van der Waals surface area contributed by atoms with E-state index in [2.05, 4.69) is 42.7 Å². The van der Waals surface area contributed by atoms with Crippen molar-refractivity contribution in [1.82, 2.24) is 18.9 Å². The number of carbonyl (C=O) groups is 1. The number of amides is 1. The zero-order valence-corrected chi connectivity index (χ0v) is 21.2. The highest BCUT2D eigenvalue weighted by Crippen LogP contribution is 2.23. The van der Waals surface area contributed by atoms with Crippen LogP contribution in [0.5, 0.6) is 0 Å². The highest BCUT2D eigenvalue weighted by molar-refractivity contribution is 5.83. The second-order valence-corrected chi connectivity index (χ2v) is 9.88. The maximum absolute atomic E-state index is 12.9. The number of imidazole rings is 1. The number of nitrogens with two attached hydrogens (primary N) is 1. The number of aryl methyl sites for hydroxylation is 1. The molecule has 2 atom stereocenters. The normalized spacial score (nSPS) is 18.9. The molecule has 184 valence electrons. The van der Waals surface area contributed by atoms with Gasteiger partial charge in [-0.1, -0.05) is 39.7 Å². The first kappa shape index (κ1) is 25.5. The van der Waals surface area contributed by atoms with E-state index in [1.54, 1.807) is 16.2 Å². The van der Waals surface area contributed by atoms with Gasteiger partial charge in [-0.05, 0) is 49.8 Å². The quantitative estimate of drug-likeness (QED) is 0.560. The lowest BCUT2D eigenvalue weighted by molar-refractivity contribution is -0.121. The largest absolute Gasteiger partial charge is 0.368 e. The summed E-state index contributed by atoms with van der Waals surface area (Å²) < 4.78 is 3.18. The first-order chi connectivity index (χ1) is 15.8. The summed E-state index contributed by atoms with van der Waals surface area (Å²) in [4.78, 5) is 30.0. The molecule has 0 aliphatic carbocycles. The van der Waals surface area contributed by atoms with Gasteiger partial charge in [0, 0.05) is 45.8 Å². The van der Waals surface area contributed by atoms with E-state index in [1.807, 2.05) is 13.0 Å². The minimum atomic E-state index is -0.620. The van der Waals surface area contributed by atoms with Crippen molar-refractivity contribution in [3.63, 3.8) is 0 Å². The number of rotatable bonds is 11. The Kier molecular flexibility index (Phi) is 8.76. The molecule has 0 radical (unpaired) electrons. The Morgan fingerprint density at radius 1 is 1.12 bits per heavy atom. The fourth-order valence-corrected chi connectivity index (χ4v) is 5.54. The molecule has 3 rings (SSSR count). The second kappa shape index (κ2) is 11.3. The number of aromatic nitrogens is 2. The third-order valence-electron chi connectivity index (χ3n) is 7.32. The average molecular weight is 458 g/mol. The lowest BCUT2D eigenvalue weighted by Gasteiger charge is -2.41. The average Bonchev–Trinajstić information content (AvgIpc) is 3.01. The van der Waals surface area contributed by atoms with Crippen LogP contribution in [0.4, 0.5) is 0 Å². The molecule has 1 fully saturated rings. The van der Waals surface area contributed by atoms with Gasteiger partial charge in [0.1, 0.15) is 6.04 Å². The van der Waals surface area contributed by atoms with Gasteiger partial charge in [0.15, 0.2) is 0 Å². The number of hydrogen-bond donors (Lipinski definition) is 1. The van der Waals surface area contributed by atoms with E-state index < -0.39 is 11.9 Å². The van der Waals surface area contributed by atoms with Crippen molar-refractivity contribution in [3.05, 3.63) is 34.2 Å². The monoisotopic (exact) mass is 457 g/mol. The lowest BCUT2D eigenvalue weighted by atomic mass is 9.96. The smallest absolute Gasteiger partial charge is 0.329 e. The van der Waals surface area contributed by atoms with Crippen LogP contribution in [0.2, 0.25) is 0 Å². The van der Waals surface area contributed by atoms with Crippen LogP contribution < -0.4 is 11.4 Å². The van der Waals surface area contributed by atoms with Crippen molar-refractivity contribution >= 4 is 16.9 Å². The number of primary amides is 1. The molecule has 1 amide bonds. The second-order valence-electron chi connectivity index (χ2n) is 9.88. The zero-order chi connectivity index (χ0) is 24.1. The Morgan fingerprint density at radius 2 is 1.82 bits per heavy atom. The van der Waals surface area contributed by atoms with Crippen LogP contribution in [0.15, 0.2) is 23.0 Å². The van der Waals surface area contributed by atoms with Crippen LogP contribution in [0.25, 0.3) is 11.0 Å². The summed E-state index contributed by atoms with van der Waals surface area (Å²) in [7, 11) is 1.77. The summed E-state index contributed by atoms with van der Waals surface area (Å²) in [6, 6.07) is 6.07. The Labute approximate surface area is 198 Å². The van der Waals surface area contributed by atoms with Crippen molar-refractivity contribution in [3.8, 4) is 0 Å². The minimum absolute atomic E-state index is 0.191. The van der Waals surface area contributed by atoms with Crippen LogP contribution in [-0.2, 0) is 18.4 Å². The fourth-order valence-electron chi connectivity index (χ4n) is 5.54. The van der Waals surface area contributed by atoms with Gasteiger partial charge in [-0.3, -0.25) is 23.7 Å². The Morgan fingerprint density at radius 3 is 2.39 bits per heavy atom. The molecule has 7 nitrogen and oxygen atoms in total. The van der Waals surface area contributed by atoms with Crippen LogP contribution >= 0.6 is 0 Å². The topological polar surface area (TPSA) is 76.5 Å². The van der Waals surface area contributed by atoms with Crippen LogP contribution in [0, 0.1) is 5.92 Å². The summed E-state index contributed by atoms with van der Waals surface area (Å²) in [6.45, 7) is 14.1. The molecule has 1 saturated heterocycles. The van der Waals surface area contributed by atoms with Gasteiger partial charge in [0.2, 0.25) is 5.91 Å². The summed E-state index contributed by atoms with van der Waals surface area (Å²) in [5.41, 5.74) is 8.20. The number of nitrogens with zero attached hydrogens (tertiary/aromatic N) is 4. The predicted molar refractivity (Wildman–Crippen MR) is 135 cm³/mol. The molecule has 1 aromatic heterocycles. The highest BCUT2D eigenvalue weighted by Gasteiger charge is 2.26. The number of benzene rings is 1. The Bertz CT molecular complexity index is 988. The molecular formula is C26H43N5O2. The molecule has 1 aromatic carbocycles. The first-order valence-electron chi connectivity index (χ1n) is 12.8. The number of piperazine rings is 1. The van der Waals surface area contributed by atoms with Gasteiger partial charge in [0.25, 0.3) is 0 Å². The van der Waals surface area contributed by atoms with Gasteiger partial charge in [-0.15, -0.1) is 0 Å². The minimum Gasteiger partial charge on any atom is -0.368 e. The number of carbonyl (C=O) groups excluding carboxylic acids is 1. The van der Waals surface area contributed by atoms with Crippen molar-refractivity contribution in [2.75, 3.05) is 26.2 Å². The fraction of sp³-hybridized carbons (Fsp3) is 0.692. The van der Waals surface area contributed by atoms with Gasteiger partial charge in [-0.25, -0.2) is 4.79 Å². The van der Waals surface area contributed by atoms with Gasteiger partial charge in [0.05, 0.1) is 11.0 Å². The number of fused-ring (bicyclic) bond motifs is 1. The molecule has 7 heteroatoms. The van der Waals surface area contributed by atoms with Crippen molar-refractivity contribution in [2.24, 2.45) is 18.7 Å². The molecule has 2 aromatic rings.